The van der Waals surface area contributed by atoms with Crippen LogP contribution in [0.25, 0.3) is 0 Å². The van der Waals surface area contributed by atoms with Gasteiger partial charge in [0.1, 0.15) is 0 Å². The van der Waals surface area contributed by atoms with Gasteiger partial charge in [0.2, 0.25) is 0 Å². The minimum absolute atomic E-state index is 0.0186. The van der Waals surface area contributed by atoms with Gasteiger partial charge in [-0.2, -0.15) is 0 Å². The van der Waals surface area contributed by atoms with Gasteiger partial charge in [-0.15, -0.1) is 0 Å². The zero-order chi connectivity index (χ0) is 12.8. The fourth-order valence-electron chi connectivity index (χ4n) is 1.56. The lowest BCUT2D eigenvalue weighted by atomic mass is 10.1. The summed E-state index contributed by atoms with van der Waals surface area (Å²) in [6, 6.07) is 1.00. The molecule has 2 unspecified atom stereocenters. The molecule has 0 aromatic carbocycles. The molecule has 0 bridgehead atoms. The lowest BCUT2D eigenvalue weighted by molar-refractivity contribution is 0.0671. The summed E-state index contributed by atoms with van der Waals surface area (Å²) in [6.45, 7) is 12.3. The molecule has 2 N–H and O–H groups in total. The lowest BCUT2D eigenvalue weighted by Gasteiger charge is -2.39. The molecule has 5 heteroatoms. The molecule has 0 aliphatic heterocycles. The Morgan fingerprint density at radius 3 is 2.38 bits per heavy atom. The van der Waals surface area contributed by atoms with Crippen molar-refractivity contribution in [2.45, 2.75) is 51.9 Å². The Hall–Kier alpha value is 0.314. The van der Waals surface area contributed by atoms with Crippen LogP contribution in [0, 0.1) is 5.92 Å². The Bertz CT molecular complexity index is 200. The average Bonchev–Trinajstić information content (AvgIpc) is 2.14. The molecular weight excluding hydrogens is 234 g/mol. The SMILES string of the molecule is CCO[Si](C)(CCCN)OC(C)([SiH3])C(C)C. The van der Waals surface area contributed by atoms with Crippen LogP contribution in [0.1, 0.15) is 34.1 Å². The zero-order valence-electron chi connectivity index (χ0n) is 11.8. The molecule has 16 heavy (non-hydrogen) atoms. The molecule has 0 heterocycles. The topological polar surface area (TPSA) is 44.5 Å². The van der Waals surface area contributed by atoms with Crippen molar-refractivity contribution in [3.8, 4) is 0 Å². The van der Waals surface area contributed by atoms with Gasteiger partial charge in [0.15, 0.2) is 0 Å². The summed E-state index contributed by atoms with van der Waals surface area (Å²) in [4.78, 5) is 0. The van der Waals surface area contributed by atoms with Crippen molar-refractivity contribution >= 4 is 18.8 Å². The fourth-order valence-corrected chi connectivity index (χ4v) is 5.96. The van der Waals surface area contributed by atoms with Crippen molar-refractivity contribution in [3.63, 3.8) is 0 Å². The second-order valence-electron chi connectivity index (χ2n) is 5.32. The summed E-state index contributed by atoms with van der Waals surface area (Å²) in [7, 11) is -0.983. The molecule has 0 aromatic rings. The molecule has 2 atom stereocenters. The molecule has 0 radical (unpaired) electrons. The van der Waals surface area contributed by atoms with Crippen molar-refractivity contribution in [1.82, 2.24) is 0 Å². The first-order valence-electron chi connectivity index (χ1n) is 6.31. The molecule has 0 rings (SSSR count). The van der Waals surface area contributed by atoms with Gasteiger partial charge in [-0.3, -0.25) is 0 Å². The van der Waals surface area contributed by atoms with E-state index in [4.69, 9.17) is 14.6 Å². The average molecular weight is 264 g/mol. The highest BCUT2D eigenvalue weighted by atomic mass is 28.4. The van der Waals surface area contributed by atoms with E-state index in [1.54, 1.807) is 0 Å². The van der Waals surface area contributed by atoms with Gasteiger partial charge in [0.05, 0.1) is 0 Å². The van der Waals surface area contributed by atoms with E-state index in [1.165, 1.54) is 0 Å². The van der Waals surface area contributed by atoms with Gasteiger partial charge in [0, 0.05) is 22.1 Å². The van der Waals surface area contributed by atoms with Gasteiger partial charge in [-0.1, -0.05) is 13.8 Å². The van der Waals surface area contributed by atoms with Crippen LogP contribution >= 0.6 is 0 Å². The number of hydrogen-bond acceptors (Lipinski definition) is 3. The maximum Gasteiger partial charge on any atom is 0.335 e. The van der Waals surface area contributed by atoms with Crippen LogP contribution in [0.15, 0.2) is 0 Å². The molecule has 0 fully saturated rings. The highest BCUT2D eigenvalue weighted by Crippen LogP contribution is 2.26. The largest absolute Gasteiger partial charge is 0.395 e. The van der Waals surface area contributed by atoms with Gasteiger partial charge >= 0.3 is 8.56 Å². The van der Waals surface area contributed by atoms with Crippen molar-refractivity contribution < 1.29 is 8.85 Å². The highest BCUT2D eigenvalue weighted by Gasteiger charge is 2.38. The van der Waals surface area contributed by atoms with Crippen LogP contribution in [0.4, 0.5) is 0 Å². The van der Waals surface area contributed by atoms with E-state index in [0.29, 0.717) is 5.92 Å². The second-order valence-corrected chi connectivity index (χ2v) is 10.6. The van der Waals surface area contributed by atoms with E-state index in [1.807, 2.05) is 6.92 Å². The Morgan fingerprint density at radius 2 is 2.00 bits per heavy atom. The monoisotopic (exact) mass is 263 g/mol. The van der Waals surface area contributed by atoms with Gasteiger partial charge < -0.3 is 14.6 Å². The van der Waals surface area contributed by atoms with Crippen molar-refractivity contribution in [1.29, 1.82) is 0 Å². The number of hydrogen-bond donors (Lipinski definition) is 1. The molecular formula is C11H29NO2Si2. The molecule has 0 spiro atoms. The highest BCUT2D eigenvalue weighted by molar-refractivity contribution is 6.66. The quantitative estimate of drug-likeness (QED) is 0.669. The Morgan fingerprint density at radius 1 is 1.44 bits per heavy atom. The van der Waals surface area contributed by atoms with Crippen LogP contribution in [0.2, 0.25) is 12.6 Å². The van der Waals surface area contributed by atoms with Crippen LogP contribution < -0.4 is 5.73 Å². The summed E-state index contributed by atoms with van der Waals surface area (Å²) in [5, 5.41) is 0.0186. The summed E-state index contributed by atoms with van der Waals surface area (Å²) < 4.78 is 12.3. The Labute approximate surface area is 105 Å². The van der Waals surface area contributed by atoms with Gasteiger partial charge in [0.25, 0.3) is 0 Å². The van der Waals surface area contributed by atoms with Crippen molar-refractivity contribution in [2.75, 3.05) is 13.2 Å². The third kappa shape index (κ3) is 5.59. The number of nitrogens with two attached hydrogens (primary N) is 1. The molecule has 0 saturated carbocycles. The van der Waals surface area contributed by atoms with Crippen LogP contribution in [0.5, 0.6) is 0 Å². The van der Waals surface area contributed by atoms with Crippen LogP contribution in [-0.2, 0) is 8.85 Å². The third-order valence-electron chi connectivity index (χ3n) is 3.15. The number of rotatable bonds is 8. The van der Waals surface area contributed by atoms with Crippen molar-refractivity contribution in [3.05, 3.63) is 0 Å². The Balaban J connectivity index is 4.52. The molecule has 0 aliphatic rings. The minimum Gasteiger partial charge on any atom is -0.395 e. The van der Waals surface area contributed by atoms with E-state index >= 15 is 0 Å². The first kappa shape index (κ1) is 16.3. The second kappa shape index (κ2) is 6.91. The third-order valence-corrected chi connectivity index (χ3v) is 8.04. The standard InChI is InChI=1S/C11H29NO2Si2/c1-6-13-16(5,9-7-8-12)14-11(4,15)10(2)3/h10H,6-9,12H2,1-5,15H3. The molecule has 98 valence electrons. The minimum atomic E-state index is -2.01. The normalized spacial score (nSPS) is 19.7. The zero-order valence-corrected chi connectivity index (χ0v) is 14.8. The molecule has 0 aromatic heterocycles. The molecule has 3 nitrogen and oxygen atoms in total. The van der Waals surface area contributed by atoms with E-state index in [2.05, 4.69) is 27.3 Å². The smallest absolute Gasteiger partial charge is 0.335 e. The van der Waals surface area contributed by atoms with E-state index in [9.17, 15) is 0 Å². The predicted octanol–water partition coefficient (Wildman–Crippen LogP) is 1.20. The van der Waals surface area contributed by atoms with Gasteiger partial charge in [-0.05, 0) is 45.3 Å². The van der Waals surface area contributed by atoms with Gasteiger partial charge in [-0.25, -0.2) is 0 Å². The summed E-state index contributed by atoms with van der Waals surface area (Å²) in [5.74, 6) is 0.546. The Kier molecular flexibility index (Phi) is 7.04. The van der Waals surface area contributed by atoms with Crippen LogP contribution in [0.3, 0.4) is 0 Å². The maximum absolute atomic E-state index is 6.35. The summed E-state index contributed by atoms with van der Waals surface area (Å²) in [5.41, 5.74) is 5.58. The summed E-state index contributed by atoms with van der Waals surface area (Å²) in [6.07, 6.45) is 0.998. The first-order valence-corrected chi connectivity index (χ1v) is 9.84. The van der Waals surface area contributed by atoms with Crippen molar-refractivity contribution in [2.24, 2.45) is 11.7 Å². The maximum atomic E-state index is 6.35. The first-order chi connectivity index (χ1) is 7.27. The lowest BCUT2D eigenvalue weighted by Crippen LogP contribution is -2.50. The fraction of sp³-hybridized carbons (Fsp3) is 1.00. The predicted molar refractivity (Wildman–Crippen MR) is 76.0 cm³/mol. The molecule has 0 amide bonds. The summed E-state index contributed by atoms with van der Waals surface area (Å²) >= 11 is 0. The molecule has 0 aliphatic carbocycles. The van der Waals surface area contributed by atoms with Crippen LogP contribution in [-0.4, -0.2) is 37.2 Å². The van der Waals surface area contributed by atoms with E-state index in [-0.39, 0.29) is 5.22 Å². The molecule has 0 saturated heterocycles. The van der Waals surface area contributed by atoms with E-state index < -0.39 is 8.56 Å². The van der Waals surface area contributed by atoms with E-state index in [0.717, 1.165) is 35.9 Å².